The molecule has 0 aromatic rings. The maximum absolute atomic E-state index is 11.6. The second-order valence-electron chi connectivity index (χ2n) is 2.52. The maximum atomic E-state index is 11.6. The summed E-state index contributed by atoms with van der Waals surface area (Å²) in [5.41, 5.74) is 0. The van der Waals surface area contributed by atoms with Gasteiger partial charge in [0.25, 0.3) is 0 Å². The molecule has 0 N–H and O–H groups in total. The number of rotatable bonds is 7. The van der Waals surface area contributed by atoms with Crippen LogP contribution in [0, 0.1) is 0 Å². The molecular weight excluding hydrogens is 140 g/mol. The molecule has 2 radical (unpaired) electrons. The van der Waals surface area contributed by atoms with E-state index in [1.807, 2.05) is 0 Å². The zero-order valence-electron chi connectivity index (χ0n) is 6.93. The van der Waals surface area contributed by atoms with Gasteiger partial charge in [-0.1, -0.05) is 19.4 Å². The zero-order valence-corrected chi connectivity index (χ0v) is 6.93. The number of unbranched alkanes of at least 4 members (excludes halogenated alkanes) is 3. The highest BCUT2D eigenvalue weighted by Crippen LogP contribution is 2.00. The molecule has 11 heavy (non-hydrogen) atoms. The van der Waals surface area contributed by atoms with Crippen LogP contribution in [-0.4, -0.2) is 26.0 Å². The Bertz CT molecular complexity index is 98.1. The smallest absolute Gasteiger partial charge is 0.225 e. The Morgan fingerprint density at radius 1 is 1.27 bits per heavy atom. The Morgan fingerprint density at radius 2 is 1.91 bits per heavy atom. The fourth-order valence-electron chi connectivity index (χ4n) is 0.834. The lowest BCUT2D eigenvalue weighted by molar-refractivity contribution is 0.445. The lowest BCUT2D eigenvalue weighted by Crippen LogP contribution is -2.13. The monoisotopic (exact) mass is 155 g/mol. The van der Waals surface area contributed by atoms with E-state index in [-0.39, 0.29) is 6.67 Å². The van der Waals surface area contributed by atoms with Crippen LogP contribution in [-0.2, 0) is 0 Å². The van der Waals surface area contributed by atoms with Crippen molar-refractivity contribution in [2.24, 2.45) is 0 Å². The highest BCUT2D eigenvalue weighted by Gasteiger charge is 1.91. The van der Waals surface area contributed by atoms with Crippen LogP contribution in [0.2, 0.25) is 0 Å². The predicted octanol–water partition coefficient (Wildman–Crippen LogP) is 2.05. The van der Waals surface area contributed by atoms with Gasteiger partial charge in [0.1, 0.15) is 0 Å². The van der Waals surface area contributed by atoms with E-state index in [1.54, 1.807) is 11.0 Å². The minimum atomic E-state index is -0.201. The first-order valence-electron chi connectivity index (χ1n) is 4.01. The molecule has 0 spiro atoms. The Kier molecular flexibility index (Phi) is 7.32. The summed E-state index contributed by atoms with van der Waals surface area (Å²) < 4.78 is 11.6. The first-order chi connectivity index (χ1) is 5.31. The Balaban J connectivity index is 2.95. The number of hydrogen-bond acceptors (Lipinski definition) is 1. The molecule has 0 rings (SSSR count). The van der Waals surface area contributed by atoms with E-state index in [0.717, 1.165) is 25.8 Å². The van der Waals surface area contributed by atoms with Gasteiger partial charge in [-0.2, -0.15) is 0 Å². The van der Waals surface area contributed by atoms with Gasteiger partial charge in [-0.05, 0) is 19.0 Å². The Labute approximate surface area is 69.7 Å². The van der Waals surface area contributed by atoms with Gasteiger partial charge in [0.2, 0.25) is 7.98 Å². The standard InChI is InChI=1S/C8H15BFN/c1-2-11(9)8-6-4-3-5-7-10/h2H,1,3-8H2. The summed E-state index contributed by atoms with van der Waals surface area (Å²) in [5, 5.41) is 0. The van der Waals surface area contributed by atoms with E-state index >= 15 is 0 Å². The van der Waals surface area contributed by atoms with Gasteiger partial charge in [0, 0.05) is 6.54 Å². The van der Waals surface area contributed by atoms with Gasteiger partial charge in [0.05, 0.1) is 6.67 Å². The SMILES string of the molecule is [B]N(C=C)CCCCCCF. The molecule has 0 saturated heterocycles. The van der Waals surface area contributed by atoms with Gasteiger partial charge in [-0.15, -0.1) is 0 Å². The molecule has 0 aliphatic carbocycles. The van der Waals surface area contributed by atoms with Crippen LogP contribution in [0.25, 0.3) is 0 Å². The molecule has 3 heteroatoms. The van der Waals surface area contributed by atoms with Crippen molar-refractivity contribution >= 4 is 7.98 Å². The van der Waals surface area contributed by atoms with Gasteiger partial charge in [-0.3, -0.25) is 4.39 Å². The van der Waals surface area contributed by atoms with Crippen LogP contribution in [0.5, 0.6) is 0 Å². The third-order valence-electron chi connectivity index (χ3n) is 1.53. The third-order valence-corrected chi connectivity index (χ3v) is 1.53. The summed E-state index contributed by atoms with van der Waals surface area (Å²) in [6.07, 6.45) is 5.29. The van der Waals surface area contributed by atoms with Crippen molar-refractivity contribution in [2.75, 3.05) is 13.2 Å². The van der Waals surface area contributed by atoms with Crippen LogP contribution in [0.15, 0.2) is 12.8 Å². The van der Waals surface area contributed by atoms with Crippen molar-refractivity contribution in [3.8, 4) is 0 Å². The first-order valence-corrected chi connectivity index (χ1v) is 4.01. The highest BCUT2D eigenvalue weighted by atomic mass is 19.1. The highest BCUT2D eigenvalue weighted by molar-refractivity contribution is 6.05. The van der Waals surface area contributed by atoms with Crippen molar-refractivity contribution < 1.29 is 4.39 Å². The van der Waals surface area contributed by atoms with E-state index in [4.69, 9.17) is 7.98 Å². The largest absolute Gasteiger partial charge is 0.431 e. The van der Waals surface area contributed by atoms with Gasteiger partial charge in [-0.25, -0.2) is 0 Å². The average Bonchev–Trinajstić information content (AvgIpc) is 2.04. The van der Waals surface area contributed by atoms with Crippen molar-refractivity contribution in [3.05, 3.63) is 12.8 Å². The van der Waals surface area contributed by atoms with Gasteiger partial charge in [0.15, 0.2) is 0 Å². The maximum Gasteiger partial charge on any atom is 0.225 e. The van der Waals surface area contributed by atoms with Crippen LogP contribution in [0.1, 0.15) is 25.7 Å². The van der Waals surface area contributed by atoms with Crippen LogP contribution in [0.3, 0.4) is 0 Å². The summed E-state index contributed by atoms with van der Waals surface area (Å²) in [6.45, 7) is 4.13. The minimum absolute atomic E-state index is 0.201. The van der Waals surface area contributed by atoms with E-state index < -0.39 is 0 Å². The van der Waals surface area contributed by atoms with E-state index in [2.05, 4.69) is 6.58 Å². The van der Waals surface area contributed by atoms with Crippen molar-refractivity contribution in [2.45, 2.75) is 25.7 Å². The molecule has 0 bridgehead atoms. The number of alkyl halides is 1. The molecule has 0 fully saturated rings. The molecule has 0 aliphatic rings. The molecule has 0 aliphatic heterocycles. The number of hydrogen-bond donors (Lipinski definition) is 0. The summed E-state index contributed by atoms with van der Waals surface area (Å²) in [6, 6.07) is 0. The molecule has 0 unspecified atom stereocenters. The van der Waals surface area contributed by atoms with Crippen LogP contribution in [0.4, 0.5) is 4.39 Å². The molecule has 0 heterocycles. The van der Waals surface area contributed by atoms with Crippen LogP contribution >= 0.6 is 0 Å². The zero-order chi connectivity index (χ0) is 8.53. The fraction of sp³-hybridized carbons (Fsp3) is 0.750. The summed E-state index contributed by atoms with van der Waals surface area (Å²) in [5.74, 6) is 0. The Morgan fingerprint density at radius 3 is 2.45 bits per heavy atom. The van der Waals surface area contributed by atoms with E-state index in [1.165, 1.54) is 0 Å². The quantitative estimate of drug-likeness (QED) is 0.401. The molecule has 0 amide bonds. The first kappa shape index (κ1) is 10.5. The van der Waals surface area contributed by atoms with Crippen molar-refractivity contribution in [1.29, 1.82) is 0 Å². The third kappa shape index (κ3) is 7.43. The summed E-state index contributed by atoms with van der Waals surface area (Å²) in [4.78, 5) is 1.55. The lowest BCUT2D eigenvalue weighted by Gasteiger charge is -2.12. The molecule has 0 aromatic heterocycles. The molecule has 0 atom stereocenters. The predicted molar refractivity (Wildman–Crippen MR) is 47.1 cm³/mol. The van der Waals surface area contributed by atoms with Gasteiger partial charge >= 0.3 is 0 Å². The molecule has 1 nitrogen and oxygen atoms in total. The Hall–Kier alpha value is -0.465. The van der Waals surface area contributed by atoms with E-state index in [9.17, 15) is 4.39 Å². The average molecular weight is 155 g/mol. The summed E-state index contributed by atoms with van der Waals surface area (Å²) >= 11 is 0. The lowest BCUT2D eigenvalue weighted by atomic mass is 10.2. The van der Waals surface area contributed by atoms with Gasteiger partial charge < -0.3 is 4.81 Å². The van der Waals surface area contributed by atoms with E-state index in [0.29, 0.717) is 6.42 Å². The number of nitrogens with zero attached hydrogens (tertiary/aromatic N) is 1. The second-order valence-corrected chi connectivity index (χ2v) is 2.52. The fourth-order valence-corrected chi connectivity index (χ4v) is 0.834. The number of halogens is 1. The normalized spacial score (nSPS) is 9.55. The molecule has 62 valence electrons. The van der Waals surface area contributed by atoms with Crippen LogP contribution < -0.4 is 0 Å². The molecular formula is C8H15BFN. The molecule has 0 aromatic carbocycles. The summed E-state index contributed by atoms with van der Waals surface area (Å²) in [7, 11) is 5.43. The minimum Gasteiger partial charge on any atom is -0.431 e. The second kappa shape index (κ2) is 7.64. The van der Waals surface area contributed by atoms with Crippen molar-refractivity contribution in [3.63, 3.8) is 0 Å². The molecule has 0 saturated carbocycles. The van der Waals surface area contributed by atoms with Crippen molar-refractivity contribution in [1.82, 2.24) is 4.81 Å². The topological polar surface area (TPSA) is 3.24 Å².